The highest BCUT2D eigenvalue weighted by atomic mass is 16.2. The summed E-state index contributed by atoms with van der Waals surface area (Å²) in [6.07, 6.45) is 6.73. The van der Waals surface area contributed by atoms with Crippen LogP contribution < -0.4 is 5.73 Å². The number of hydrogen-bond donors (Lipinski definition) is 1. The normalized spacial score (nSPS) is 22.3. The van der Waals surface area contributed by atoms with Gasteiger partial charge in [0.1, 0.15) is 12.5 Å². The standard InChI is InChI=1S/C13H15N5O2/c14-13(20)18-10(9-4-5-15-8-16-9)7-12(19)17-6-2-1-3-11(17)18/h4-5,7-8,11H,1-3,6H2,(H2,14,20). The van der Waals surface area contributed by atoms with Gasteiger partial charge in [0.25, 0.3) is 0 Å². The molecule has 2 N–H and O–H groups in total. The molecular weight excluding hydrogens is 258 g/mol. The van der Waals surface area contributed by atoms with Crippen LogP contribution in [0.15, 0.2) is 24.7 Å². The molecule has 3 heterocycles. The fourth-order valence-electron chi connectivity index (χ4n) is 2.77. The maximum atomic E-state index is 12.2. The molecule has 0 aliphatic carbocycles. The summed E-state index contributed by atoms with van der Waals surface area (Å²) in [6.45, 7) is 0.654. The van der Waals surface area contributed by atoms with E-state index in [-0.39, 0.29) is 12.1 Å². The van der Waals surface area contributed by atoms with Gasteiger partial charge in [-0.05, 0) is 25.3 Å². The molecular formula is C13H15N5O2. The Morgan fingerprint density at radius 3 is 2.95 bits per heavy atom. The van der Waals surface area contributed by atoms with Gasteiger partial charge in [0.15, 0.2) is 0 Å². The van der Waals surface area contributed by atoms with Crippen LogP contribution in [-0.2, 0) is 4.79 Å². The topological polar surface area (TPSA) is 92.4 Å². The number of nitrogens with zero attached hydrogens (tertiary/aromatic N) is 4. The quantitative estimate of drug-likeness (QED) is 0.808. The number of fused-ring (bicyclic) bond motifs is 1. The zero-order valence-electron chi connectivity index (χ0n) is 10.9. The van der Waals surface area contributed by atoms with Gasteiger partial charge in [0, 0.05) is 18.8 Å². The maximum absolute atomic E-state index is 12.2. The molecule has 0 bridgehead atoms. The summed E-state index contributed by atoms with van der Waals surface area (Å²) in [4.78, 5) is 35.1. The van der Waals surface area contributed by atoms with E-state index in [0.717, 1.165) is 19.3 Å². The average molecular weight is 273 g/mol. The summed E-state index contributed by atoms with van der Waals surface area (Å²) in [5.74, 6) is -0.0965. The Bertz CT molecular complexity index is 571. The Morgan fingerprint density at radius 2 is 2.25 bits per heavy atom. The fraction of sp³-hybridized carbons (Fsp3) is 0.385. The van der Waals surface area contributed by atoms with Crippen molar-refractivity contribution in [2.24, 2.45) is 5.73 Å². The lowest BCUT2D eigenvalue weighted by atomic mass is 10.0. The molecule has 0 radical (unpaired) electrons. The van der Waals surface area contributed by atoms with Crippen molar-refractivity contribution in [2.75, 3.05) is 6.54 Å². The van der Waals surface area contributed by atoms with E-state index in [2.05, 4.69) is 9.97 Å². The molecule has 20 heavy (non-hydrogen) atoms. The molecule has 0 saturated carbocycles. The molecule has 1 saturated heterocycles. The van der Waals surface area contributed by atoms with Crippen LogP contribution in [0.5, 0.6) is 0 Å². The molecule has 7 heteroatoms. The van der Waals surface area contributed by atoms with Gasteiger partial charge in [-0.1, -0.05) is 0 Å². The van der Waals surface area contributed by atoms with Crippen molar-refractivity contribution in [1.29, 1.82) is 0 Å². The Morgan fingerprint density at radius 1 is 1.40 bits per heavy atom. The first kappa shape index (κ1) is 12.6. The van der Waals surface area contributed by atoms with Crippen molar-refractivity contribution >= 4 is 17.6 Å². The Kier molecular flexibility index (Phi) is 3.09. The third-order valence-corrected chi connectivity index (χ3v) is 3.65. The second-order valence-corrected chi connectivity index (χ2v) is 4.84. The minimum atomic E-state index is -0.570. The number of carbonyl (C=O) groups excluding carboxylic acids is 2. The molecule has 1 unspecified atom stereocenters. The third kappa shape index (κ3) is 2.01. The molecule has 104 valence electrons. The van der Waals surface area contributed by atoms with Crippen molar-refractivity contribution in [3.8, 4) is 0 Å². The lowest BCUT2D eigenvalue weighted by Crippen LogP contribution is -2.58. The number of rotatable bonds is 1. The summed E-state index contributed by atoms with van der Waals surface area (Å²) >= 11 is 0. The molecule has 0 aromatic carbocycles. The number of primary amides is 1. The Balaban J connectivity index is 2.06. The van der Waals surface area contributed by atoms with Crippen molar-refractivity contribution in [2.45, 2.75) is 25.4 Å². The zero-order chi connectivity index (χ0) is 14.1. The van der Waals surface area contributed by atoms with Gasteiger partial charge in [-0.15, -0.1) is 0 Å². The number of aromatic nitrogens is 2. The first-order valence-electron chi connectivity index (χ1n) is 6.56. The Hall–Kier alpha value is -2.44. The lowest BCUT2D eigenvalue weighted by Gasteiger charge is -2.44. The van der Waals surface area contributed by atoms with Crippen molar-refractivity contribution in [3.63, 3.8) is 0 Å². The SMILES string of the molecule is NC(=O)N1C(c2ccncn2)=CC(=O)N2CCCCC21. The number of urea groups is 1. The average Bonchev–Trinajstić information content (AvgIpc) is 2.47. The first-order chi connectivity index (χ1) is 9.68. The van der Waals surface area contributed by atoms with Crippen molar-refractivity contribution in [3.05, 3.63) is 30.4 Å². The number of nitrogens with two attached hydrogens (primary N) is 1. The molecule has 1 aromatic heterocycles. The molecule has 1 aromatic rings. The largest absolute Gasteiger partial charge is 0.351 e. The summed E-state index contributed by atoms with van der Waals surface area (Å²) < 4.78 is 0. The molecule has 1 atom stereocenters. The predicted octanol–water partition coefficient (Wildman–Crippen LogP) is 0.550. The highest BCUT2D eigenvalue weighted by molar-refractivity contribution is 6.00. The first-order valence-corrected chi connectivity index (χ1v) is 6.56. The van der Waals surface area contributed by atoms with Gasteiger partial charge in [0.2, 0.25) is 5.91 Å². The van der Waals surface area contributed by atoms with E-state index in [0.29, 0.717) is 17.9 Å². The van der Waals surface area contributed by atoms with Crippen LogP contribution in [0.4, 0.5) is 4.79 Å². The maximum Gasteiger partial charge on any atom is 0.321 e. The second kappa shape index (κ2) is 4.92. The van der Waals surface area contributed by atoms with Crippen LogP contribution >= 0.6 is 0 Å². The van der Waals surface area contributed by atoms with Gasteiger partial charge >= 0.3 is 6.03 Å². The fourth-order valence-corrected chi connectivity index (χ4v) is 2.77. The highest BCUT2D eigenvalue weighted by Gasteiger charge is 2.39. The van der Waals surface area contributed by atoms with Gasteiger partial charge in [-0.25, -0.2) is 14.8 Å². The predicted molar refractivity (Wildman–Crippen MR) is 70.8 cm³/mol. The summed E-state index contributed by atoms with van der Waals surface area (Å²) in [5.41, 5.74) is 6.49. The smallest absolute Gasteiger partial charge is 0.321 e. The van der Waals surface area contributed by atoms with Gasteiger partial charge in [-0.2, -0.15) is 0 Å². The van der Waals surface area contributed by atoms with E-state index in [1.165, 1.54) is 17.3 Å². The van der Waals surface area contributed by atoms with E-state index in [1.54, 1.807) is 17.2 Å². The monoisotopic (exact) mass is 273 g/mol. The summed E-state index contributed by atoms with van der Waals surface area (Å²) in [6, 6.07) is 1.09. The van der Waals surface area contributed by atoms with Gasteiger partial charge in [-0.3, -0.25) is 9.69 Å². The van der Waals surface area contributed by atoms with Crippen molar-refractivity contribution in [1.82, 2.24) is 19.8 Å². The molecule has 7 nitrogen and oxygen atoms in total. The summed E-state index contributed by atoms with van der Waals surface area (Å²) in [7, 11) is 0. The van der Waals surface area contributed by atoms with Crippen LogP contribution in [0.25, 0.3) is 5.70 Å². The second-order valence-electron chi connectivity index (χ2n) is 4.84. The molecule has 2 aliphatic rings. The minimum Gasteiger partial charge on any atom is -0.351 e. The summed E-state index contributed by atoms with van der Waals surface area (Å²) in [5, 5.41) is 0. The number of piperidine rings is 1. The van der Waals surface area contributed by atoms with Crippen LogP contribution in [0.1, 0.15) is 25.0 Å². The third-order valence-electron chi connectivity index (χ3n) is 3.65. The van der Waals surface area contributed by atoms with E-state index < -0.39 is 6.03 Å². The van der Waals surface area contributed by atoms with Crippen LogP contribution in [0.3, 0.4) is 0 Å². The van der Waals surface area contributed by atoms with Crippen molar-refractivity contribution < 1.29 is 9.59 Å². The Labute approximate surface area is 116 Å². The molecule has 2 aliphatic heterocycles. The van der Waals surface area contributed by atoms with E-state index in [4.69, 9.17) is 5.73 Å². The van der Waals surface area contributed by atoms with E-state index in [9.17, 15) is 9.59 Å². The van der Waals surface area contributed by atoms with Gasteiger partial charge < -0.3 is 10.6 Å². The number of carbonyl (C=O) groups is 2. The molecule has 0 spiro atoms. The lowest BCUT2D eigenvalue weighted by molar-refractivity contribution is -0.133. The molecule has 1 fully saturated rings. The molecule has 3 amide bonds. The van der Waals surface area contributed by atoms with E-state index in [1.807, 2.05) is 0 Å². The molecule has 3 rings (SSSR count). The zero-order valence-corrected chi connectivity index (χ0v) is 10.9. The van der Waals surface area contributed by atoms with Crippen LogP contribution in [0.2, 0.25) is 0 Å². The minimum absolute atomic E-state index is 0.0965. The highest BCUT2D eigenvalue weighted by Crippen LogP contribution is 2.31. The van der Waals surface area contributed by atoms with Crippen LogP contribution in [0, 0.1) is 0 Å². The number of amides is 3. The van der Waals surface area contributed by atoms with E-state index >= 15 is 0 Å². The van der Waals surface area contributed by atoms with Crippen LogP contribution in [-0.4, -0.2) is 44.4 Å². The number of hydrogen-bond acceptors (Lipinski definition) is 4. The van der Waals surface area contributed by atoms with Gasteiger partial charge in [0.05, 0.1) is 11.4 Å².